The summed E-state index contributed by atoms with van der Waals surface area (Å²) < 4.78 is 0. The van der Waals surface area contributed by atoms with Gasteiger partial charge in [0.15, 0.2) is 0 Å². The van der Waals surface area contributed by atoms with Gasteiger partial charge in [-0.15, -0.1) is 24.8 Å². The molecule has 2 rings (SSSR count). The number of H-pyrrole nitrogens is 1. The zero-order chi connectivity index (χ0) is 11.2. The third-order valence-corrected chi connectivity index (χ3v) is 3.57. The molecule has 1 aromatic heterocycles. The van der Waals surface area contributed by atoms with Crippen LogP contribution in [0.2, 0.25) is 0 Å². The van der Waals surface area contributed by atoms with Gasteiger partial charge < -0.3 is 15.6 Å². The summed E-state index contributed by atoms with van der Waals surface area (Å²) in [4.78, 5) is 18.6. The van der Waals surface area contributed by atoms with Crippen molar-refractivity contribution in [1.29, 1.82) is 0 Å². The van der Waals surface area contributed by atoms with Gasteiger partial charge in [0.2, 0.25) is 5.91 Å². The number of aromatic nitrogens is 2. The fourth-order valence-corrected chi connectivity index (χ4v) is 2.57. The highest BCUT2D eigenvalue weighted by molar-refractivity contribution is 7.99. The van der Waals surface area contributed by atoms with E-state index < -0.39 is 0 Å². The molecule has 0 radical (unpaired) electrons. The molecule has 1 aliphatic heterocycles. The van der Waals surface area contributed by atoms with Crippen LogP contribution in [-0.2, 0) is 11.3 Å². The van der Waals surface area contributed by atoms with Crippen LogP contribution in [0.15, 0.2) is 12.4 Å². The second-order valence-electron chi connectivity index (χ2n) is 3.74. The van der Waals surface area contributed by atoms with Crippen LogP contribution in [0, 0.1) is 0 Å². The maximum Gasteiger partial charge on any atom is 0.221 e. The van der Waals surface area contributed by atoms with Crippen molar-refractivity contribution < 1.29 is 4.79 Å². The van der Waals surface area contributed by atoms with E-state index in [0.717, 1.165) is 23.9 Å². The van der Waals surface area contributed by atoms with Gasteiger partial charge in [0.1, 0.15) is 5.82 Å². The molecule has 1 atom stereocenters. The third-order valence-electron chi connectivity index (χ3n) is 2.44. The first-order chi connectivity index (χ1) is 7.84. The Morgan fingerprint density at radius 3 is 3.00 bits per heavy atom. The van der Waals surface area contributed by atoms with Gasteiger partial charge in [-0.3, -0.25) is 4.79 Å². The minimum absolute atomic E-state index is 0. The summed E-state index contributed by atoms with van der Waals surface area (Å²) in [5, 5.41) is 6.19. The number of amides is 1. The van der Waals surface area contributed by atoms with Crippen molar-refractivity contribution in [2.45, 2.75) is 19.0 Å². The molecule has 0 aliphatic carbocycles. The smallest absolute Gasteiger partial charge is 0.221 e. The lowest BCUT2D eigenvalue weighted by atomic mass is 10.2. The summed E-state index contributed by atoms with van der Waals surface area (Å²) >= 11 is 1.90. The summed E-state index contributed by atoms with van der Waals surface area (Å²) in [5.41, 5.74) is 0. The Hall–Kier alpha value is -0.430. The summed E-state index contributed by atoms with van der Waals surface area (Å²) in [5.74, 6) is 3.04. The van der Waals surface area contributed by atoms with Crippen LogP contribution < -0.4 is 10.6 Å². The molecule has 0 saturated carbocycles. The van der Waals surface area contributed by atoms with Crippen molar-refractivity contribution in [3.8, 4) is 0 Å². The average molecular weight is 313 g/mol. The SMILES string of the molecule is Cl.Cl.O=C(CC1CSCCN1)NCc1ncc[nH]1. The van der Waals surface area contributed by atoms with E-state index in [1.54, 1.807) is 12.4 Å². The molecule has 1 unspecified atom stereocenters. The van der Waals surface area contributed by atoms with Crippen molar-refractivity contribution in [2.75, 3.05) is 18.1 Å². The first-order valence-corrected chi connectivity index (χ1v) is 6.56. The number of nitrogens with zero attached hydrogens (tertiary/aromatic N) is 1. The van der Waals surface area contributed by atoms with E-state index >= 15 is 0 Å². The normalized spacial score (nSPS) is 18.3. The van der Waals surface area contributed by atoms with Crippen LogP contribution >= 0.6 is 36.6 Å². The summed E-state index contributed by atoms with van der Waals surface area (Å²) in [6.45, 7) is 1.48. The van der Waals surface area contributed by atoms with Gasteiger partial charge in [0.25, 0.3) is 0 Å². The van der Waals surface area contributed by atoms with Gasteiger partial charge >= 0.3 is 0 Å². The van der Waals surface area contributed by atoms with E-state index in [9.17, 15) is 4.79 Å². The molecule has 1 amide bonds. The number of thioether (sulfide) groups is 1. The fourth-order valence-electron chi connectivity index (χ4n) is 1.62. The molecule has 0 spiro atoms. The Morgan fingerprint density at radius 1 is 1.56 bits per heavy atom. The Labute approximate surface area is 123 Å². The number of nitrogens with one attached hydrogen (secondary N) is 3. The number of imidazole rings is 1. The van der Waals surface area contributed by atoms with Crippen molar-refractivity contribution in [3.63, 3.8) is 0 Å². The van der Waals surface area contributed by atoms with Crippen LogP contribution in [0.1, 0.15) is 12.2 Å². The monoisotopic (exact) mass is 312 g/mol. The number of halogens is 2. The first kappa shape index (κ1) is 17.6. The minimum atomic E-state index is 0. The number of carbonyl (C=O) groups excluding carboxylic acids is 1. The van der Waals surface area contributed by atoms with E-state index in [1.165, 1.54) is 0 Å². The van der Waals surface area contributed by atoms with Crippen molar-refractivity contribution in [2.24, 2.45) is 0 Å². The predicted molar refractivity (Wildman–Crippen MR) is 78.7 cm³/mol. The van der Waals surface area contributed by atoms with Crippen LogP contribution in [0.4, 0.5) is 0 Å². The fraction of sp³-hybridized carbons (Fsp3) is 0.600. The molecular formula is C10H18Cl2N4OS. The van der Waals surface area contributed by atoms with E-state index in [-0.39, 0.29) is 30.7 Å². The van der Waals surface area contributed by atoms with Crippen LogP contribution in [0.3, 0.4) is 0 Å². The number of rotatable bonds is 4. The second-order valence-corrected chi connectivity index (χ2v) is 4.89. The molecule has 1 saturated heterocycles. The molecule has 3 N–H and O–H groups in total. The molecule has 18 heavy (non-hydrogen) atoms. The van der Waals surface area contributed by atoms with Gasteiger partial charge in [0, 0.05) is 42.9 Å². The molecule has 1 fully saturated rings. The Balaban J connectivity index is 0.00000144. The van der Waals surface area contributed by atoms with E-state index in [4.69, 9.17) is 0 Å². The first-order valence-electron chi connectivity index (χ1n) is 5.40. The molecule has 0 bridgehead atoms. The van der Waals surface area contributed by atoms with Crippen molar-refractivity contribution in [3.05, 3.63) is 18.2 Å². The number of hydrogen-bond acceptors (Lipinski definition) is 4. The van der Waals surface area contributed by atoms with Crippen LogP contribution in [0.5, 0.6) is 0 Å². The molecule has 104 valence electrons. The minimum Gasteiger partial charge on any atom is -0.349 e. The molecule has 0 aromatic carbocycles. The summed E-state index contributed by atoms with van der Waals surface area (Å²) in [7, 11) is 0. The maximum atomic E-state index is 11.6. The number of carbonyl (C=O) groups is 1. The zero-order valence-corrected chi connectivity index (χ0v) is 12.3. The van der Waals surface area contributed by atoms with Gasteiger partial charge in [-0.1, -0.05) is 0 Å². The molecule has 1 aromatic rings. The van der Waals surface area contributed by atoms with Crippen molar-refractivity contribution >= 4 is 42.5 Å². The Kier molecular flexibility index (Phi) is 9.27. The van der Waals surface area contributed by atoms with E-state index in [0.29, 0.717) is 19.0 Å². The Morgan fingerprint density at radius 2 is 2.39 bits per heavy atom. The van der Waals surface area contributed by atoms with E-state index in [1.807, 2.05) is 11.8 Å². The maximum absolute atomic E-state index is 11.6. The van der Waals surface area contributed by atoms with Gasteiger partial charge in [-0.2, -0.15) is 11.8 Å². The molecular weight excluding hydrogens is 295 g/mol. The molecule has 5 nitrogen and oxygen atoms in total. The Bertz CT molecular complexity index is 331. The number of aromatic amines is 1. The van der Waals surface area contributed by atoms with Gasteiger partial charge in [0.05, 0.1) is 6.54 Å². The molecule has 2 heterocycles. The standard InChI is InChI=1S/C10H16N4OS.2ClH/c15-10(5-8-7-16-4-3-11-8)14-6-9-12-1-2-13-9;;/h1-2,8,11H,3-7H2,(H,12,13)(H,14,15);2*1H. The average Bonchev–Trinajstić information content (AvgIpc) is 2.81. The predicted octanol–water partition coefficient (Wildman–Crippen LogP) is 0.965. The molecule has 1 aliphatic rings. The number of hydrogen-bond donors (Lipinski definition) is 3. The molecule has 8 heteroatoms. The lowest BCUT2D eigenvalue weighted by Crippen LogP contribution is -2.41. The van der Waals surface area contributed by atoms with Crippen LogP contribution in [-0.4, -0.2) is 40.0 Å². The topological polar surface area (TPSA) is 69.8 Å². The summed E-state index contributed by atoms with van der Waals surface area (Å²) in [6, 6.07) is 0.315. The second kappa shape index (κ2) is 9.49. The largest absolute Gasteiger partial charge is 0.349 e. The highest BCUT2D eigenvalue weighted by atomic mass is 35.5. The third kappa shape index (κ3) is 5.95. The quantitative estimate of drug-likeness (QED) is 0.774. The van der Waals surface area contributed by atoms with Crippen molar-refractivity contribution in [1.82, 2.24) is 20.6 Å². The lowest BCUT2D eigenvalue weighted by Gasteiger charge is -2.22. The van der Waals surface area contributed by atoms with Crippen LogP contribution in [0.25, 0.3) is 0 Å². The lowest BCUT2D eigenvalue weighted by molar-refractivity contribution is -0.121. The highest BCUT2D eigenvalue weighted by Gasteiger charge is 2.16. The zero-order valence-electron chi connectivity index (χ0n) is 9.85. The highest BCUT2D eigenvalue weighted by Crippen LogP contribution is 2.09. The summed E-state index contributed by atoms with van der Waals surface area (Å²) in [6.07, 6.45) is 3.98. The van der Waals surface area contributed by atoms with Gasteiger partial charge in [-0.05, 0) is 0 Å². The van der Waals surface area contributed by atoms with E-state index in [2.05, 4.69) is 20.6 Å². The van der Waals surface area contributed by atoms with Gasteiger partial charge in [-0.25, -0.2) is 4.98 Å².